The lowest BCUT2D eigenvalue weighted by atomic mass is 10.0. The number of nitrogens with zero attached hydrogens (tertiary/aromatic N) is 3. The standard InChI is InChI=1S/C12H18N4O2/c1-12(2)11(18)15(7-4-10(17)14-12)8-9-16-6-3-5-13-16/h3,5-6H,4,7-9H2,1-2H3,(H,14,17). The number of amides is 2. The lowest BCUT2D eigenvalue weighted by molar-refractivity contribution is -0.137. The molecule has 0 aliphatic carbocycles. The quantitative estimate of drug-likeness (QED) is 0.821. The molecule has 6 nitrogen and oxygen atoms in total. The maximum absolute atomic E-state index is 12.3. The van der Waals surface area contributed by atoms with Crippen molar-refractivity contribution in [2.24, 2.45) is 0 Å². The molecule has 0 spiro atoms. The van der Waals surface area contributed by atoms with Crippen LogP contribution in [0.5, 0.6) is 0 Å². The molecule has 2 rings (SSSR count). The van der Waals surface area contributed by atoms with Crippen LogP contribution in [0.1, 0.15) is 20.3 Å². The predicted molar refractivity (Wildman–Crippen MR) is 65.6 cm³/mol. The maximum Gasteiger partial charge on any atom is 0.247 e. The van der Waals surface area contributed by atoms with Crippen LogP contribution in [-0.4, -0.2) is 45.1 Å². The molecule has 1 N–H and O–H groups in total. The average molecular weight is 250 g/mol. The zero-order valence-electron chi connectivity index (χ0n) is 10.7. The molecule has 1 aliphatic heterocycles. The molecular weight excluding hydrogens is 232 g/mol. The SMILES string of the molecule is CC1(C)NC(=O)CCN(CCn2cccn2)C1=O. The Morgan fingerprint density at radius 1 is 1.39 bits per heavy atom. The largest absolute Gasteiger partial charge is 0.342 e. The molecule has 0 atom stereocenters. The van der Waals surface area contributed by atoms with Gasteiger partial charge in [0.2, 0.25) is 11.8 Å². The Morgan fingerprint density at radius 3 is 2.83 bits per heavy atom. The molecule has 2 heterocycles. The molecule has 0 saturated carbocycles. The smallest absolute Gasteiger partial charge is 0.247 e. The summed E-state index contributed by atoms with van der Waals surface area (Å²) in [6, 6.07) is 1.85. The van der Waals surface area contributed by atoms with Gasteiger partial charge in [-0.05, 0) is 19.9 Å². The minimum absolute atomic E-state index is 0.0412. The summed E-state index contributed by atoms with van der Waals surface area (Å²) in [5.74, 6) is -0.115. The van der Waals surface area contributed by atoms with Gasteiger partial charge in [-0.2, -0.15) is 5.10 Å². The van der Waals surface area contributed by atoms with Crippen molar-refractivity contribution in [3.63, 3.8) is 0 Å². The Kier molecular flexibility index (Phi) is 3.36. The summed E-state index contributed by atoms with van der Waals surface area (Å²) in [5, 5.41) is 6.84. The summed E-state index contributed by atoms with van der Waals surface area (Å²) in [4.78, 5) is 25.5. The summed E-state index contributed by atoms with van der Waals surface area (Å²) < 4.78 is 1.78. The van der Waals surface area contributed by atoms with Crippen molar-refractivity contribution in [1.82, 2.24) is 20.0 Å². The van der Waals surface area contributed by atoms with E-state index >= 15 is 0 Å². The van der Waals surface area contributed by atoms with Crippen LogP contribution < -0.4 is 5.32 Å². The zero-order valence-corrected chi connectivity index (χ0v) is 10.7. The van der Waals surface area contributed by atoms with Crippen molar-refractivity contribution in [2.45, 2.75) is 32.4 Å². The number of carbonyl (C=O) groups is 2. The molecule has 1 aromatic rings. The molecule has 1 aliphatic rings. The molecule has 2 amide bonds. The Labute approximate surface area is 106 Å². The van der Waals surface area contributed by atoms with Crippen molar-refractivity contribution in [3.05, 3.63) is 18.5 Å². The summed E-state index contributed by atoms with van der Waals surface area (Å²) in [5.41, 5.74) is -0.822. The molecule has 0 unspecified atom stereocenters. The molecule has 6 heteroatoms. The van der Waals surface area contributed by atoms with E-state index < -0.39 is 5.54 Å². The van der Waals surface area contributed by atoms with Crippen molar-refractivity contribution >= 4 is 11.8 Å². The van der Waals surface area contributed by atoms with E-state index in [1.54, 1.807) is 29.6 Å². The van der Waals surface area contributed by atoms with Crippen LogP contribution in [0.3, 0.4) is 0 Å². The van der Waals surface area contributed by atoms with Gasteiger partial charge in [-0.15, -0.1) is 0 Å². The van der Waals surface area contributed by atoms with E-state index in [2.05, 4.69) is 10.4 Å². The highest BCUT2D eigenvalue weighted by Crippen LogP contribution is 2.13. The summed E-state index contributed by atoms with van der Waals surface area (Å²) in [6.07, 6.45) is 3.92. The average Bonchev–Trinajstić information content (AvgIpc) is 2.77. The second-order valence-electron chi connectivity index (χ2n) is 4.98. The van der Waals surface area contributed by atoms with Crippen LogP contribution in [0, 0.1) is 0 Å². The monoisotopic (exact) mass is 250 g/mol. The number of nitrogens with one attached hydrogen (secondary N) is 1. The predicted octanol–water partition coefficient (Wildman–Crippen LogP) is 0.0102. The van der Waals surface area contributed by atoms with Gasteiger partial charge >= 0.3 is 0 Å². The van der Waals surface area contributed by atoms with Crippen molar-refractivity contribution < 1.29 is 9.59 Å². The molecule has 0 bridgehead atoms. The van der Waals surface area contributed by atoms with E-state index in [0.29, 0.717) is 26.1 Å². The second kappa shape index (κ2) is 4.80. The number of rotatable bonds is 3. The highest BCUT2D eigenvalue weighted by atomic mass is 16.2. The third-order valence-electron chi connectivity index (χ3n) is 3.04. The zero-order chi connectivity index (χ0) is 13.2. The lowest BCUT2D eigenvalue weighted by Crippen LogP contribution is -2.53. The highest BCUT2D eigenvalue weighted by molar-refractivity contribution is 5.92. The number of aromatic nitrogens is 2. The number of carbonyl (C=O) groups excluding carboxylic acids is 2. The summed E-state index contributed by atoms with van der Waals surface area (Å²) >= 11 is 0. The molecule has 98 valence electrons. The molecule has 0 aromatic carbocycles. The van der Waals surface area contributed by atoms with Gasteiger partial charge in [0.1, 0.15) is 5.54 Å². The van der Waals surface area contributed by atoms with Gasteiger partial charge in [0.25, 0.3) is 0 Å². The minimum atomic E-state index is -0.822. The Bertz CT molecular complexity index is 439. The fourth-order valence-electron chi connectivity index (χ4n) is 2.07. The second-order valence-corrected chi connectivity index (χ2v) is 4.98. The fraction of sp³-hybridized carbons (Fsp3) is 0.583. The van der Waals surface area contributed by atoms with E-state index in [1.165, 1.54) is 0 Å². The van der Waals surface area contributed by atoms with Gasteiger partial charge < -0.3 is 10.2 Å². The maximum atomic E-state index is 12.3. The fourth-order valence-corrected chi connectivity index (χ4v) is 2.07. The van der Waals surface area contributed by atoms with Gasteiger partial charge in [-0.3, -0.25) is 14.3 Å². The van der Waals surface area contributed by atoms with Crippen molar-refractivity contribution in [2.75, 3.05) is 13.1 Å². The Morgan fingerprint density at radius 2 is 2.17 bits per heavy atom. The van der Waals surface area contributed by atoms with Gasteiger partial charge in [-0.25, -0.2) is 0 Å². The third kappa shape index (κ3) is 2.69. The first-order valence-electron chi connectivity index (χ1n) is 6.07. The van der Waals surface area contributed by atoms with E-state index in [4.69, 9.17) is 0 Å². The topological polar surface area (TPSA) is 67.2 Å². The van der Waals surface area contributed by atoms with E-state index in [-0.39, 0.29) is 11.8 Å². The molecular formula is C12H18N4O2. The first-order valence-corrected chi connectivity index (χ1v) is 6.07. The summed E-state index contributed by atoms with van der Waals surface area (Å²) in [6.45, 7) is 5.15. The molecule has 0 radical (unpaired) electrons. The van der Waals surface area contributed by atoms with Crippen LogP contribution in [0.2, 0.25) is 0 Å². The first kappa shape index (κ1) is 12.6. The van der Waals surface area contributed by atoms with Crippen molar-refractivity contribution in [1.29, 1.82) is 0 Å². The Hall–Kier alpha value is -1.85. The first-order chi connectivity index (χ1) is 8.49. The third-order valence-corrected chi connectivity index (χ3v) is 3.04. The molecule has 1 saturated heterocycles. The van der Waals surface area contributed by atoms with E-state index in [0.717, 1.165) is 0 Å². The number of hydrogen-bond acceptors (Lipinski definition) is 3. The van der Waals surface area contributed by atoms with Gasteiger partial charge in [0, 0.05) is 31.9 Å². The van der Waals surface area contributed by atoms with E-state index in [9.17, 15) is 9.59 Å². The summed E-state index contributed by atoms with van der Waals surface area (Å²) in [7, 11) is 0. The number of hydrogen-bond donors (Lipinski definition) is 1. The Balaban J connectivity index is 2.02. The van der Waals surface area contributed by atoms with Crippen LogP contribution in [0.15, 0.2) is 18.5 Å². The molecule has 1 fully saturated rings. The highest BCUT2D eigenvalue weighted by Gasteiger charge is 2.36. The molecule has 18 heavy (non-hydrogen) atoms. The van der Waals surface area contributed by atoms with Gasteiger partial charge in [-0.1, -0.05) is 0 Å². The minimum Gasteiger partial charge on any atom is -0.342 e. The van der Waals surface area contributed by atoms with Crippen LogP contribution >= 0.6 is 0 Å². The van der Waals surface area contributed by atoms with Crippen LogP contribution in [0.4, 0.5) is 0 Å². The van der Waals surface area contributed by atoms with Gasteiger partial charge in [0.05, 0.1) is 6.54 Å². The lowest BCUT2D eigenvalue weighted by Gasteiger charge is -2.28. The van der Waals surface area contributed by atoms with Gasteiger partial charge in [0.15, 0.2) is 0 Å². The van der Waals surface area contributed by atoms with Crippen LogP contribution in [-0.2, 0) is 16.1 Å². The van der Waals surface area contributed by atoms with Crippen LogP contribution in [0.25, 0.3) is 0 Å². The normalized spacial score (nSPS) is 19.6. The van der Waals surface area contributed by atoms with E-state index in [1.807, 2.05) is 12.3 Å². The van der Waals surface area contributed by atoms with Crippen molar-refractivity contribution in [3.8, 4) is 0 Å². The molecule has 1 aromatic heterocycles.